The first-order valence-electron chi connectivity index (χ1n) is 7.76. The molecule has 1 atom stereocenters. The van der Waals surface area contributed by atoms with Crippen molar-refractivity contribution in [1.82, 2.24) is 9.88 Å². The third-order valence-corrected chi connectivity index (χ3v) is 5.36. The molecule has 0 bridgehead atoms. The molecule has 1 aromatic heterocycles. The normalized spacial score (nSPS) is 23.6. The van der Waals surface area contributed by atoms with Crippen molar-refractivity contribution >= 4 is 28.2 Å². The van der Waals surface area contributed by atoms with Crippen molar-refractivity contribution in [2.45, 2.75) is 44.7 Å². The Labute approximate surface area is 133 Å². The third kappa shape index (κ3) is 3.37. The topological polar surface area (TPSA) is 71.5 Å². The standard InChI is InChI=1S/C15H21N3O3S/c1-10(19)13-8-16-15(22-13)17-14(20)12-9-21-7-6-18(12)11-4-2-3-5-11/h8,11-12H,2-7,9H2,1H3,(H,16,17,20). The van der Waals surface area contributed by atoms with Gasteiger partial charge in [-0.05, 0) is 12.8 Å². The monoisotopic (exact) mass is 323 g/mol. The van der Waals surface area contributed by atoms with Crippen LogP contribution in [0.5, 0.6) is 0 Å². The molecule has 1 aliphatic heterocycles. The summed E-state index contributed by atoms with van der Waals surface area (Å²) in [6, 6.07) is 0.227. The van der Waals surface area contributed by atoms with E-state index in [1.165, 1.54) is 37.3 Å². The fraction of sp³-hybridized carbons (Fsp3) is 0.667. The van der Waals surface area contributed by atoms with Gasteiger partial charge in [0.15, 0.2) is 10.9 Å². The maximum atomic E-state index is 12.6. The maximum Gasteiger partial charge on any atom is 0.245 e. The summed E-state index contributed by atoms with van der Waals surface area (Å²) in [6.45, 7) is 3.41. The van der Waals surface area contributed by atoms with Crippen LogP contribution in [0, 0.1) is 0 Å². The van der Waals surface area contributed by atoms with Crippen LogP contribution in [0.3, 0.4) is 0 Å². The van der Waals surface area contributed by atoms with Crippen LogP contribution < -0.4 is 5.32 Å². The van der Waals surface area contributed by atoms with Crippen molar-refractivity contribution in [3.05, 3.63) is 11.1 Å². The quantitative estimate of drug-likeness (QED) is 0.857. The van der Waals surface area contributed by atoms with Gasteiger partial charge in [0.2, 0.25) is 5.91 Å². The Bertz CT molecular complexity index is 554. The van der Waals surface area contributed by atoms with Crippen molar-refractivity contribution in [3.63, 3.8) is 0 Å². The van der Waals surface area contributed by atoms with Gasteiger partial charge in [0.05, 0.1) is 24.3 Å². The lowest BCUT2D eigenvalue weighted by Gasteiger charge is -2.38. The zero-order valence-corrected chi connectivity index (χ0v) is 13.5. The summed E-state index contributed by atoms with van der Waals surface area (Å²) < 4.78 is 5.50. The first-order chi connectivity index (χ1) is 10.6. The van der Waals surface area contributed by atoms with E-state index in [0.717, 1.165) is 19.4 Å². The van der Waals surface area contributed by atoms with Crippen LogP contribution in [0.2, 0.25) is 0 Å². The predicted molar refractivity (Wildman–Crippen MR) is 84.3 cm³/mol. The number of hydrogen-bond donors (Lipinski definition) is 1. The van der Waals surface area contributed by atoms with Crippen LogP contribution in [0.4, 0.5) is 5.13 Å². The largest absolute Gasteiger partial charge is 0.378 e. The minimum Gasteiger partial charge on any atom is -0.378 e. The number of nitrogens with one attached hydrogen (secondary N) is 1. The summed E-state index contributed by atoms with van der Waals surface area (Å²) in [7, 11) is 0. The molecule has 2 heterocycles. The maximum absolute atomic E-state index is 12.6. The van der Waals surface area contributed by atoms with Gasteiger partial charge >= 0.3 is 0 Å². The number of amides is 1. The lowest BCUT2D eigenvalue weighted by molar-refractivity contribution is -0.129. The fourth-order valence-corrected chi connectivity index (χ4v) is 3.91. The molecule has 2 aliphatic rings. The zero-order chi connectivity index (χ0) is 15.5. The number of carbonyl (C=O) groups excluding carboxylic acids is 2. The highest BCUT2D eigenvalue weighted by Crippen LogP contribution is 2.27. The minimum absolute atomic E-state index is 0.0356. The second kappa shape index (κ2) is 6.85. The number of rotatable bonds is 4. The molecule has 1 saturated carbocycles. The molecule has 0 radical (unpaired) electrons. The molecule has 22 heavy (non-hydrogen) atoms. The molecular formula is C15H21N3O3S. The molecule has 7 heteroatoms. The summed E-state index contributed by atoms with van der Waals surface area (Å²) in [5.74, 6) is -0.123. The predicted octanol–water partition coefficient (Wildman–Crippen LogP) is 1.93. The van der Waals surface area contributed by atoms with Gasteiger partial charge in [0.25, 0.3) is 0 Å². The molecule has 0 aromatic carbocycles. The summed E-state index contributed by atoms with van der Waals surface area (Å²) in [5, 5.41) is 3.31. The Morgan fingerprint density at radius 1 is 1.41 bits per heavy atom. The van der Waals surface area contributed by atoms with E-state index in [0.29, 0.717) is 29.3 Å². The molecule has 3 rings (SSSR count). The van der Waals surface area contributed by atoms with Crippen molar-refractivity contribution in [2.24, 2.45) is 0 Å². The van der Waals surface area contributed by atoms with Crippen molar-refractivity contribution in [2.75, 3.05) is 25.1 Å². The molecule has 1 N–H and O–H groups in total. The first kappa shape index (κ1) is 15.6. The number of ether oxygens (including phenoxy) is 1. The van der Waals surface area contributed by atoms with Gasteiger partial charge in [-0.3, -0.25) is 14.5 Å². The average molecular weight is 323 g/mol. The number of aromatic nitrogens is 1. The van der Waals surface area contributed by atoms with Crippen LogP contribution in [-0.4, -0.2) is 53.4 Å². The first-order valence-corrected chi connectivity index (χ1v) is 8.58. The molecular weight excluding hydrogens is 302 g/mol. The van der Waals surface area contributed by atoms with E-state index >= 15 is 0 Å². The molecule has 6 nitrogen and oxygen atoms in total. The van der Waals surface area contributed by atoms with Crippen molar-refractivity contribution < 1.29 is 14.3 Å². The van der Waals surface area contributed by atoms with Gasteiger partial charge < -0.3 is 10.1 Å². The van der Waals surface area contributed by atoms with Crippen LogP contribution in [0.25, 0.3) is 0 Å². The van der Waals surface area contributed by atoms with Gasteiger partial charge in [0, 0.05) is 19.5 Å². The summed E-state index contributed by atoms with van der Waals surface area (Å²) in [5.41, 5.74) is 0. The van der Waals surface area contributed by atoms with Gasteiger partial charge in [0.1, 0.15) is 6.04 Å². The van der Waals surface area contributed by atoms with E-state index < -0.39 is 0 Å². The molecule has 0 spiro atoms. The van der Waals surface area contributed by atoms with Gasteiger partial charge in [-0.2, -0.15) is 0 Å². The van der Waals surface area contributed by atoms with E-state index in [1.807, 2.05) is 0 Å². The highest BCUT2D eigenvalue weighted by Gasteiger charge is 2.35. The van der Waals surface area contributed by atoms with Crippen molar-refractivity contribution in [3.8, 4) is 0 Å². The van der Waals surface area contributed by atoms with Gasteiger partial charge in [-0.1, -0.05) is 24.2 Å². The van der Waals surface area contributed by atoms with E-state index in [1.54, 1.807) is 0 Å². The SMILES string of the molecule is CC(=O)c1cnc(NC(=O)C2COCCN2C2CCCC2)s1. The molecule has 1 unspecified atom stereocenters. The van der Waals surface area contributed by atoms with Crippen LogP contribution in [-0.2, 0) is 9.53 Å². The van der Waals surface area contributed by atoms with E-state index in [9.17, 15) is 9.59 Å². The highest BCUT2D eigenvalue weighted by atomic mass is 32.1. The summed E-state index contributed by atoms with van der Waals surface area (Å²) in [6.07, 6.45) is 6.31. The summed E-state index contributed by atoms with van der Waals surface area (Å²) >= 11 is 1.21. The number of carbonyl (C=O) groups is 2. The Balaban J connectivity index is 1.67. The number of Topliss-reactive ketones (excluding diaryl/α,β-unsaturated/α-hetero) is 1. The number of nitrogens with zero attached hydrogens (tertiary/aromatic N) is 2. The Kier molecular flexibility index (Phi) is 4.85. The number of ketones is 1. The lowest BCUT2D eigenvalue weighted by Crippen LogP contribution is -2.55. The van der Waals surface area contributed by atoms with Crippen LogP contribution >= 0.6 is 11.3 Å². The van der Waals surface area contributed by atoms with Crippen molar-refractivity contribution in [1.29, 1.82) is 0 Å². The van der Waals surface area contributed by atoms with E-state index in [2.05, 4.69) is 15.2 Å². The van der Waals surface area contributed by atoms with Gasteiger partial charge in [-0.15, -0.1) is 0 Å². The minimum atomic E-state index is -0.262. The number of morpholine rings is 1. The van der Waals surface area contributed by atoms with E-state index in [-0.39, 0.29) is 17.7 Å². The third-order valence-electron chi connectivity index (χ3n) is 4.35. The highest BCUT2D eigenvalue weighted by molar-refractivity contribution is 7.17. The molecule has 1 saturated heterocycles. The van der Waals surface area contributed by atoms with Crippen LogP contribution in [0.1, 0.15) is 42.3 Å². The zero-order valence-electron chi connectivity index (χ0n) is 12.7. The molecule has 120 valence electrons. The second-order valence-corrected chi connectivity index (χ2v) is 6.87. The van der Waals surface area contributed by atoms with E-state index in [4.69, 9.17) is 4.74 Å². The lowest BCUT2D eigenvalue weighted by atomic mass is 10.1. The molecule has 1 amide bonds. The Morgan fingerprint density at radius 3 is 2.86 bits per heavy atom. The molecule has 1 aromatic rings. The Morgan fingerprint density at radius 2 is 2.18 bits per heavy atom. The summed E-state index contributed by atoms with van der Waals surface area (Å²) in [4.78, 5) is 30.8. The second-order valence-electron chi connectivity index (χ2n) is 5.84. The molecule has 1 aliphatic carbocycles. The average Bonchev–Trinajstić information content (AvgIpc) is 3.18. The number of thiazole rings is 1. The van der Waals surface area contributed by atoms with Crippen LogP contribution in [0.15, 0.2) is 6.20 Å². The number of anilines is 1. The Hall–Kier alpha value is -1.31. The molecule has 2 fully saturated rings. The smallest absolute Gasteiger partial charge is 0.245 e. The van der Waals surface area contributed by atoms with Gasteiger partial charge in [-0.25, -0.2) is 4.98 Å². The number of hydrogen-bond acceptors (Lipinski definition) is 6. The fourth-order valence-electron chi connectivity index (χ4n) is 3.20.